The number of hydrogen-bond donors (Lipinski definition) is 0. The van der Waals surface area contributed by atoms with Crippen molar-refractivity contribution in [3.63, 3.8) is 0 Å². The van der Waals surface area contributed by atoms with Crippen molar-refractivity contribution in [3.05, 3.63) is 63.6 Å². The minimum absolute atomic E-state index is 0.0880. The third kappa shape index (κ3) is 6.93. The van der Waals surface area contributed by atoms with Crippen LogP contribution < -0.4 is 9.47 Å². The van der Waals surface area contributed by atoms with E-state index in [1.165, 1.54) is 11.6 Å². The lowest BCUT2D eigenvalue weighted by Gasteiger charge is -2.19. The number of carbonyl (C=O) groups excluding carboxylic acids is 1. The number of ether oxygens (including phenoxy) is 3. The van der Waals surface area contributed by atoms with Gasteiger partial charge in [0.1, 0.15) is 36.4 Å². The van der Waals surface area contributed by atoms with Gasteiger partial charge in [0.25, 0.3) is 0 Å². The molecular weight excluding hydrogens is 446 g/mol. The van der Waals surface area contributed by atoms with E-state index in [9.17, 15) is 10.1 Å². The van der Waals surface area contributed by atoms with Gasteiger partial charge in [0.2, 0.25) is 0 Å². The monoisotopic (exact) mass is 471 g/mol. The molecule has 0 aliphatic rings. The maximum Gasteiger partial charge on any atom is 0.348 e. The van der Waals surface area contributed by atoms with E-state index in [-0.39, 0.29) is 17.6 Å². The second-order valence-electron chi connectivity index (χ2n) is 7.54. The molecule has 0 aliphatic carbocycles. The third-order valence-electron chi connectivity index (χ3n) is 4.22. The molecule has 5 nitrogen and oxygen atoms in total. The van der Waals surface area contributed by atoms with Crippen molar-refractivity contribution in [2.75, 3.05) is 19.8 Å². The molecule has 0 radical (unpaired) electrons. The quantitative estimate of drug-likeness (QED) is 0.214. The highest BCUT2D eigenvalue weighted by Gasteiger charge is 2.14. The zero-order chi connectivity index (χ0) is 22.1. The van der Waals surface area contributed by atoms with Gasteiger partial charge in [0, 0.05) is 10.0 Å². The average Bonchev–Trinajstić information content (AvgIpc) is 2.70. The van der Waals surface area contributed by atoms with Crippen LogP contribution in [0.1, 0.15) is 38.8 Å². The predicted octanol–water partition coefficient (Wildman–Crippen LogP) is 5.67. The molecule has 158 valence electrons. The van der Waals surface area contributed by atoms with Crippen LogP contribution in [0.4, 0.5) is 0 Å². The molecule has 30 heavy (non-hydrogen) atoms. The Morgan fingerprint density at radius 1 is 1.10 bits per heavy atom. The van der Waals surface area contributed by atoms with Gasteiger partial charge in [0.05, 0.1) is 6.61 Å². The van der Waals surface area contributed by atoms with Crippen molar-refractivity contribution in [2.24, 2.45) is 0 Å². The zero-order valence-electron chi connectivity index (χ0n) is 17.7. The van der Waals surface area contributed by atoms with E-state index < -0.39 is 5.97 Å². The molecule has 0 fully saturated rings. The molecule has 0 atom stereocenters. The first kappa shape index (κ1) is 23.5. The second-order valence-corrected chi connectivity index (χ2v) is 8.46. The van der Waals surface area contributed by atoms with Gasteiger partial charge in [-0.3, -0.25) is 0 Å². The summed E-state index contributed by atoms with van der Waals surface area (Å²) in [4.78, 5) is 11.9. The topological polar surface area (TPSA) is 68.6 Å². The number of nitrogens with zero attached hydrogens (tertiary/aromatic N) is 1. The predicted molar refractivity (Wildman–Crippen MR) is 120 cm³/mol. The van der Waals surface area contributed by atoms with Crippen LogP contribution in [0.3, 0.4) is 0 Å². The Morgan fingerprint density at radius 3 is 2.37 bits per heavy atom. The Labute approximate surface area is 186 Å². The van der Waals surface area contributed by atoms with Gasteiger partial charge in [-0.15, -0.1) is 0 Å². The van der Waals surface area contributed by atoms with Crippen LogP contribution in [0.15, 0.2) is 52.5 Å². The lowest BCUT2D eigenvalue weighted by Crippen LogP contribution is -2.12. The average molecular weight is 472 g/mol. The van der Waals surface area contributed by atoms with Gasteiger partial charge in [-0.2, -0.15) is 5.26 Å². The molecule has 0 N–H and O–H groups in total. The minimum atomic E-state index is -0.659. The largest absolute Gasteiger partial charge is 0.490 e. The van der Waals surface area contributed by atoms with Crippen LogP contribution in [0.25, 0.3) is 6.08 Å². The Hall–Kier alpha value is -2.78. The number of benzene rings is 2. The molecule has 2 aromatic rings. The molecule has 0 spiro atoms. The van der Waals surface area contributed by atoms with Gasteiger partial charge in [-0.1, -0.05) is 48.8 Å². The number of carbonyl (C=O) groups is 1. The second kappa shape index (κ2) is 10.8. The SMILES string of the molecule is CCOC(=O)C(C#N)=Cc1cc(Br)ccc1OCCOc1ccc(C(C)(C)C)cc1. The molecule has 0 amide bonds. The van der Waals surface area contributed by atoms with Crippen LogP contribution in [0.2, 0.25) is 0 Å². The summed E-state index contributed by atoms with van der Waals surface area (Å²) < 4.78 is 17.3. The fraction of sp³-hybridized carbons (Fsp3) is 0.333. The molecule has 0 saturated carbocycles. The summed E-state index contributed by atoms with van der Waals surface area (Å²) >= 11 is 3.40. The Balaban J connectivity index is 2.02. The Kier molecular flexibility index (Phi) is 8.49. The smallest absolute Gasteiger partial charge is 0.348 e. The highest BCUT2D eigenvalue weighted by atomic mass is 79.9. The van der Waals surface area contributed by atoms with E-state index in [0.717, 1.165) is 10.2 Å². The molecule has 2 rings (SSSR count). The number of rotatable bonds is 8. The zero-order valence-corrected chi connectivity index (χ0v) is 19.3. The summed E-state index contributed by atoms with van der Waals surface area (Å²) in [5.41, 5.74) is 1.85. The van der Waals surface area contributed by atoms with Crippen LogP contribution in [0.5, 0.6) is 11.5 Å². The van der Waals surface area contributed by atoms with Crippen molar-refractivity contribution in [3.8, 4) is 17.6 Å². The fourth-order valence-corrected chi connectivity index (χ4v) is 3.01. The molecule has 0 unspecified atom stereocenters. The summed E-state index contributed by atoms with van der Waals surface area (Å²) in [5, 5.41) is 9.26. The van der Waals surface area contributed by atoms with E-state index >= 15 is 0 Å². The lowest BCUT2D eigenvalue weighted by atomic mass is 9.87. The van der Waals surface area contributed by atoms with E-state index in [0.29, 0.717) is 24.5 Å². The van der Waals surface area contributed by atoms with Gasteiger partial charge in [-0.25, -0.2) is 4.79 Å². The van der Waals surface area contributed by atoms with Crippen LogP contribution in [-0.2, 0) is 14.9 Å². The normalized spacial score (nSPS) is 11.5. The lowest BCUT2D eigenvalue weighted by molar-refractivity contribution is -0.137. The van der Waals surface area contributed by atoms with Crippen molar-refractivity contribution in [2.45, 2.75) is 33.1 Å². The highest BCUT2D eigenvalue weighted by Crippen LogP contribution is 2.26. The molecule has 0 aliphatic heterocycles. The molecule has 6 heteroatoms. The molecular formula is C24H26BrNO4. The molecule has 0 saturated heterocycles. The number of esters is 1. The maximum atomic E-state index is 11.9. The van der Waals surface area contributed by atoms with E-state index in [4.69, 9.17) is 14.2 Å². The van der Waals surface area contributed by atoms with E-state index in [1.807, 2.05) is 24.3 Å². The van der Waals surface area contributed by atoms with E-state index in [2.05, 4.69) is 48.8 Å². The molecule has 0 heterocycles. The third-order valence-corrected chi connectivity index (χ3v) is 4.71. The first-order chi connectivity index (χ1) is 14.2. The van der Waals surface area contributed by atoms with Crippen molar-refractivity contribution < 1.29 is 19.0 Å². The first-order valence-corrected chi connectivity index (χ1v) is 10.5. The summed E-state index contributed by atoms with van der Waals surface area (Å²) in [5.74, 6) is 0.659. The Bertz CT molecular complexity index is 937. The highest BCUT2D eigenvalue weighted by molar-refractivity contribution is 9.10. The number of hydrogen-bond acceptors (Lipinski definition) is 5. The number of nitriles is 1. The summed E-state index contributed by atoms with van der Waals surface area (Å²) in [6.45, 7) is 9.06. The van der Waals surface area contributed by atoms with E-state index in [1.54, 1.807) is 19.1 Å². The summed E-state index contributed by atoms with van der Waals surface area (Å²) in [7, 11) is 0. The molecule has 0 aromatic heterocycles. The summed E-state index contributed by atoms with van der Waals surface area (Å²) in [6.07, 6.45) is 1.46. The van der Waals surface area contributed by atoms with Crippen molar-refractivity contribution in [1.29, 1.82) is 5.26 Å². The standard InChI is InChI=1S/C24H26BrNO4/c1-5-28-23(27)18(16-26)14-17-15-20(25)8-11-22(17)30-13-12-29-21-9-6-19(7-10-21)24(2,3)4/h6-11,14-15H,5,12-13H2,1-4H3. The Morgan fingerprint density at radius 2 is 1.77 bits per heavy atom. The molecule has 0 bridgehead atoms. The van der Waals surface area contributed by atoms with Crippen LogP contribution in [0, 0.1) is 11.3 Å². The maximum absolute atomic E-state index is 11.9. The minimum Gasteiger partial charge on any atom is -0.490 e. The first-order valence-electron chi connectivity index (χ1n) is 9.69. The van der Waals surface area contributed by atoms with Gasteiger partial charge >= 0.3 is 5.97 Å². The number of halogens is 1. The van der Waals surface area contributed by atoms with Crippen LogP contribution >= 0.6 is 15.9 Å². The van der Waals surface area contributed by atoms with Crippen LogP contribution in [-0.4, -0.2) is 25.8 Å². The fourth-order valence-electron chi connectivity index (χ4n) is 2.63. The van der Waals surface area contributed by atoms with Gasteiger partial charge < -0.3 is 14.2 Å². The van der Waals surface area contributed by atoms with Gasteiger partial charge in [-0.05, 0) is 54.3 Å². The summed E-state index contributed by atoms with van der Waals surface area (Å²) in [6, 6.07) is 15.3. The van der Waals surface area contributed by atoms with Gasteiger partial charge in [0.15, 0.2) is 0 Å². The van der Waals surface area contributed by atoms with Crippen molar-refractivity contribution in [1.82, 2.24) is 0 Å². The molecule has 2 aromatic carbocycles. The van der Waals surface area contributed by atoms with Crippen molar-refractivity contribution >= 4 is 28.0 Å².